The lowest BCUT2D eigenvalue weighted by atomic mass is 10.2. The molecule has 2 N–H and O–H groups in total. The highest BCUT2D eigenvalue weighted by Crippen LogP contribution is 2.32. The van der Waals surface area contributed by atoms with Gasteiger partial charge in [0, 0.05) is 30.8 Å². The highest BCUT2D eigenvalue weighted by molar-refractivity contribution is 7.80. The van der Waals surface area contributed by atoms with E-state index in [9.17, 15) is 27.6 Å². The number of anilines is 1. The van der Waals surface area contributed by atoms with Gasteiger partial charge in [-0.1, -0.05) is 5.92 Å². The molecule has 0 aliphatic carbocycles. The third-order valence-electron chi connectivity index (χ3n) is 4.96. The number of hydrogen-bond acceptors (Lipinski definition) is 7. The van der Waals surface area contributed by atoms with Crippen LogP contribution >= 0.6 is 12.2 Å². The molecule has 35 heavy (non-hydrogen) atoms. The number of halogens is 3. The maximum atomic E-state index is 13.1. The van der Waals surface area contributed by atoms with E-state index in [1.54, 1.807) is 29.2 Å². The number of benzene rings is 1. The van der Waals surface area contributed by atoms with E-state index in [0.29, 0.717) is 22.0 Å². The van der Waals surface area contributed by atoms with Gasteiger partial charge >= 0.3 is 11.9 Å². The topological polar surface area (TPSA) is 112 Å². The third-order valence-corrected chi connectivity index (χ3v) is 5.32. The molecule has 1 aromatic heterocycles. The average molecular weight is 511 g/mol. The summed E-state index contributed by atoms with van der Waals surface area (Å²) in [4.78, 5) is 36.5. The first-order valence-corrected chi connectivity index (χ1v) is 10.6. The van der Waals surface area contributed by atoms with Gasteiger partial charge in [0.05, 0.1) is 6.10 Å². The lowest BCUT2D eigenvalue weighted by Gasteiger charge is -2.19. The minimum absolute atomic E-state index is 0.0306. The van der Waals surface area contributed by atoms with E-state index in [-0.39, 0.29) is 30.6 Å². The van der Waals surface area contributed by atoms with E-state index >= 15 is 0 Å². The molecule has 0 spiro atoms. The van der Waals surface area contributed by atoms with Crippen LogP contribution in [0.2, 0.25) is 0 Å². The summed E-state index contributed by atoms with van der Waals surface area (Å²) in [5, 5.41) is 2.72. The first kappa shape index (κ1) is 26.1. The number of thiocarbonyl (C=S) groups is 1. The van der Waals surface area contributed by atoms with Crippen LogP contribution in [0.3, 0.4) is 0 Å². The highest BCUT2D eigenvalue weighted by Gasteiger charge is 2.40. The third kappa shape index (κ3) is 6.56. The van der Waals surface area contributed by atoms with E-state index in [0.717, 1.165) is 0 Å². The highest BCUT2D eigenvalue weighted by atomic mass is 32.1. The van der Waals surface area contributed by atoms with E-state index in [2.05, 4.69) is 11.2 Å². The molecule has 1 fully saturated rings. The van der Waals surface area contributed by atoms with Gasteiger partial charge in [-0.25, -0.2) is 4.79 Å². The maximum Gasteiger partial charge on any atom is 0.423 e. The number of amides is 1. The second kappa shape index (κ2) is 10.9. The van der Waals surface area contributed by atoms with Gasteiger partial charge in [0.15, 0.2) is 5.05 Å². The molecule has 0 saturated carbocycles. The summed E-state index contributed by atoms with van der Waals surface area (Å²) in [5.41, 5.74) is -3.05. The Hall–Kier alpha value is -3.47. The fourth-order valence-electron chi connectivity index (χ4n) is 3.39. The predicted molar refractivity (Wildman–Crippen MR) is 122 cm³/mol. The van der Waals surface area contributed by atoms with Crippen LogP contribution in [0.15, 0.2) is 40.1 Å². The first-order valence-electron chi connectivity index (χ1n) is 10.2. The van der Waals surface area contributed by atoms with Crippen LogP contribution in [-0.4, -0.2) is 45.9 Å². The largest absolute Gasteiger partial charge is 0.480 e. The molecular formula is C22H20F3N3O6S. The number of nitrogens with one attached hydrogen (secondary N) is 2. The van der Waals surface area contributed by atoms with Gasteiger partial charge in [-0.2, -0.15) is 13.2 Å². The summed E-state index contributed by atoms with van der Waals surface area (Å²) in [7, 11) is 0. The summed E-state index contributed by atoms with van der Waals surface area (Å²) >= 11 is 5.27. The van der Waals surface area contributed by atoms with Crippen LogP contribution in [0.25, 0.3) is 0 Å². The van der Waals surface area contributed by atoms with Gasteiger partial charge in [-0.3, -0.25) is 19.1 Å². The molecule has 0 radical (unpaired) electrons. The minimum Gasteiger partial charge on any atom is -0.480 e. The number of rotatable bonds is 7. The van der Waals surface area contributed by atoms with Crippen LogP contribution in [0.1, 0.15) is 30.7 Å². The Kier molecular flexibility index (Phi) is 8.11. The summed E-state index contributed by atoms with van der Waals surface area (Å²) in [5.74, 6) is 2.06. The summed E-state index contributed by atoms with van der Waals surface area (Å²) in [6, 6.07) is 6.54. The first-order chi connectivity index (χ1) is 16.5. The number of terminal acetylenes is 1. The lowest BCUT2D eigenvalue weighted by Crippen LogP contribution is -2.36. The Bertz CT molecular complexity index is 1250. The van der Waals surface area contributed by atoms with Crippen molar-refractivity contribution in [2.75, 3.05) is 18.5 Å². The van der Waals surface area contributed by atoms with Crippen molar-refractivity contribution in [3.05, 3.63) is 62.4 Å². The van der Waals surface area contributed by atoms with Crippen molar-refractivity contribution >= 4 is 28.9 Å². The molecule has 0 unspecified atom stereocenters. The molecular weight excluding hydrogens is 491 g/mol. The van der Waals surface area contributed by atoms with Crippen LogP contribution in [-0.2, 0) is 25.2 Å². The Morgan fingerprint density at radius 2 is 2.03 bits per heavy atom. The lowest BCUT2D eigenvalue weighted by molar-refractivity contribution is -0.139. The molecule has 1 amide bonds. The van der Waals surface area contributed by atoms with Crippen LogP contribution in [0, 0.1) is 12.3 Å². The molecule has 2 heterocycles. The predicted octanol–water partition coefficient (Wildman–Crippen LogP) is 2.21. The Morgan fingerprint density at radius 1 is 1.34 bits per heavy atom. The van der Waals surface area contributed by atoms with E-state index in [1.807, 2.05) is 0 Å². The van der Waals surface area contributed by atoms with Crippen molar-refractivity contribution in [2.24, 2.45) is 0 Å². The normalized spacial score (nSPS) is 19.7. The molecule has 2 aromatic rings. The molecule has 1 aromatic carbocycles. The van der Waals surface area contributed by atoms with Crippen LogP contribution in [0.4, 0.5) is 18.9 Å². The van der Waals surface area contributed by atoms with Gasteiger partial charge < -0.3 is 19.5 Å². The van der Waals surface area contributed by atoms with Crippen molar-refractivity contribution in [1.29, 1.82) is 0 Å². The van der Waals surface area contributed by atoms with Gasteiger partial charge in [0.1, 0.15) is 31.1 Å². The Morgan fingerprint density at radius 3 is 2.63 bits per heavy atom. The van der Waals surface area contributed by atoms with Crippen LogP contribution < -0.4 is 16.6 Å². The van der Waals surface area contributed by atoms with Crippen molar-refractivity contribution in [3.63, 3.8) is 0 Å². The Labute approximate surface area is 202 Å². The summed E-state index contributed by atoms with van der Waals surface area (Å²) in [6.45, 7) is 1.11. The maximum absolute atomic E-state index is 13.1. The average Bonchev–Trinajstić information content (AvgIpc) is 3.17. The molecule has 0 bridgehead atoms. The molecule has 186 valence electrons. The molecule has 13 heteroatoms. The van der Waals surface area contributed by atoms with Crippen molar-refractivity contribution < 1.29 is 32.2 Å². The molecule has 1 aliphatic heterocycles. The number of hydrogen-bond donors (Lipinski definition) is 2. The minimum atomic E-state index is -4.97. The van der Waals surface area contributed by atoms with E-state index in [4.69, 9.17) is 32.9 Å². The standard InChI is InChI=1S/C22H20F3N3O6S/c1-3-8-32-16-9-18(28-10-15(22(23,24)25)19(30)27-21(28)31)34-17(16)11-33-20(35)13-4-6-14(7-5-13)26-12(2)29/h1,4-7,10,16-18H,8-9,11H2,2H3,(H,26,29)(H,27,30,31)/t16-,17+,18+/m0/s1. The molecule has 1 aliphatic rings. The fourth-order valence-corrected chi connectivity index (χ4v) is 3.59. The van der Waals surface area contributed by atoms with Crippen molar-refractivity contribution in [2.45, 2.75) is 38.0 Å². The molecule has 1 saturated heterocycles. The SMILES string of the molecule is C#CCO[C@H]1C[C@H](n2cc(C(F)(F)F)c(=O)[nH]c2=O)O[C@@H]1COC(=S)c1ccc(NC(C)=O)cc1. The summed E-state index contributed by atoms with van der Waals surface area (Å²) in [6.07, 6.45) is -2.09. The number of H-pyrrole nitrogens is 1. The van der Waals surface area contributed by atoms with Crippen molar-refractivity contribution in [3.8, 4) is 12.3 Å². The fraction of sp³-hybridized carbons (Fsp3) is 0.364. The summed E-state index contributed by atoms with van der Waals surface area (Å²) < 4.78 is 57.0. The van der Waals surface area contributed by atoms with E-state index in [1.165, 1.54) is 6.92 Å². The zero-order valence-electron chi connectivity index (χ0n) is 18.3. The smallest absolute Gasteiger partial charge is 0.423 e. The number of nitrogens with zero attached hydrogens (tertiary/aromatic N) is 1. The number of aromatic amines is 1. The molecule has 3 rings (SSSR count). The number of ether oxygens (including phenoxy) is 3. The van der Waals surface area contributed by atoms with Gasteiger partial charge in [-0.05, 0) is 36.5 Å². The van der Waals surface area contributed by atoms with E-state index < -0.39 is 41.4 Å². The van der Waals surface area contributed by atoms with Gasteiger partial charge in [0.2, 0.25) is 5.91 Å². The molecule has 3 atom stereocenters. The zero-order valence-corrected chi connectivity index (χ0v) is 19.1. The number of alkyl halides is 3. The quantitative estimate of drug-likeness (QED) is 0.433. The number of carbonyl (C=O) groups is 1. The second-order valence-electron chi connectivity index (χ2n) is 7.48. The van der Waals surface area contributed by atoms with Gasteiger partial charge in [0.25, 0.3) is 5.56 Å². The number of aromatic nitrogens is 2. The van der Waals surface area contributed by atoms with Crippen molar-refractivity contribution in [1.82, 2.24) is 9.55 Å². The monoisotopic (exact) mass is 511 g/mol. The van der Waals surface area contributed by atoms with Gasteiger partial charge in [-0.15, -0.1) is 6.42 Å². The number of carbonyl (C=O) groups excluding carboxylic acids is 1. The van der Waals surface area contributed by atoms with Crippen LogP contribution in [0.5, 0.6) is 0 Å². The second-order valence-corrected chi connectivity index (χ2v) is 7.85. The Balaban J connectivity index is 1.74. The zero-order chi connectivity index (χ0) is 25.8. The molecule has 9 nitrogen and oxygen atoms in total.